The molecule has 0 aliphatic carbocycles. The number of aromatic nitrogens is 1. The average molecular weight is 245 g/mol. The molecule has 6 heteroatoms. The first-order chi connectivity index (χ1) is 8.70. The molecule has 0 fully saturated rings. The van der Waals surface area contributed by atoms with Crippen molar-refractivity contribution in [2.45, 2.75) is 0 Å². The minimum Gasteiger partial charge on any atom is -0.496 e. The summed E-state index contributed by atoms with van der Waals surface area (Å²) in [5.41, 5.74) is 0.319. The predicted octanol–water partition coefficient (Wildman–Crippen LogP) is 2.74. The highest BCUT2D eigenvalue weighted by Gasteiger charge is 2.15. The molecule has 0 spiro atoms. The summed E-state index contributed by atoms with van der Waals surface area (Å²) in [5.74, 6) is 0.985. The van der Waals surface area contributed by atoms with Crippen LogP contribution in [0.15, 0.2) is 42.6 Å². The Kier molecular flexibility index (Phi) is 3.38. The first-order valence-corrected chi connectivity index (χ1v) is 5.21. The number of ether oxygens (including phenoxy) is 1. The number of hydrogen-bond acceptors (Lipinski definition) is 5. The molecule has 0 unspecified atom stereocenters. The van der Waals surface area contributed by atoms with E-state index in [9.17, 15) is 10.1 Å². The highest BCUT2D eigenvalue weighted by molar-refractivity contribution is 5.69. The Labute approximate surface area is 103 Å². The van der Waals surface area contributed by atoms with E-state index in [1.165, 1.54) is 13.2 Å². The van der Waals surface area contributed by atoms with Crippen LogP contribution >= 0.6 is 0 Å². The van der Waals surface area contributed by atoms with E-state index in [4.69, 9.17) is 4.74 Å². The quantitative estimate of drug-likeness (QED) is 0.662. The zero-order valence-corrected chi connectivity index (χ0v) is 9.66. The molecular formula is C12H11N3O3. The maximum atomic E-state index is 11.0. The van der Waals surface area contributed by atoms with Crippen LogP contribution in [0.5, 0.6) is 5.75 Å². The number of nitro groups is 1. The Balaban J connectivity index is 2.35. The van der Waals surface area contributed by atoms with Crippen molar-refractivity contribution in [2.75, 3.05) is 12.4 Å². The van der Waals surface area contributed by atoms with Gasteiger partial charge in [0, 0.05) is 6.20 Å². The third-order valence-corrected chi connectivity index (χ3v) is 2.33. The number of methoxy groups -OCH3 is 1. The van der Waals surface area contributed by atoms with Crippen molar-refractivity contribution in [3.05, 3.63) is 52.7 Å². The topological polar surface area (TPSA) is 77.3 Å². The molecule has 0 saturated heterocycles. The molecule has 0 bridgehead atoms. The van der Waals surface area contributed by atoms with Gasteiger partial charge in [-0.25, -0.2) is 4.98 Å². The maximum absolute atomic E-state index is 11.0. The van der Waals surface area contributed by atoms with E-state index in [1.807, 2.05) is 0 Å². The fraction of sp³-hybridized carbons (Fsp3) is 0.0833. The molecule has 0 aliphatic heterocycles. The SMILES string of the molecule is COc1ccc(Nc2ccccn2)c([N+](=O)[O-])c1. The Morgan fingerprint density at radius 3 is 2.78 bits per heavy atom. The Morgan fingerprint density at radius 1 is 1.33 bits per heavy atom. The zero-order valence-electron chi connectivity index (χ0n) is 9.66. The van der Waals surface area contributed by atoms with Crippen LogP contribution in [0.25, 0.3) is 0 Å². The van der Waals surface area contributed by atoms with Crippen LogP contribution in [0.2, 0.25) is 0 Å². The van der Waals surface area contributed by atoms with Crippen molar-refractivity contribution in [3.63, 3.8) is 0 Å². The van der Waals surface area contributed by atoms with Gasteiger partial charge >= 0.3 is 0 Å². The fourth-order valence-corrected chi connectivity index (χ4v) is 1.47. The summed E-state index contributed by atoms with van der Waals surface area (Å²) in [6.07, 6.45) is 1.61. The van der Waals surface area contributed by atoms with Crippen LogP contribution in [0.4, 0.5) is 17.2 Å². The molecule has 92 valence electrons. The van der Waals surface area contributed by atoms with E-state index < -0.39 is 4.92 Å². The minimum atomic E-state index is -0.464. The average Bonchev–Trinajstić information content (AvgIpc) is 2.40. The van der Waals surface area contributed by atoms with Gasteiger partial charge in [-0.2, -0.15) is 0 Å². The van der Waals surface area contributed by atoms with Crippen LogP contribution in [0, 0.1) is 10.1 Å². The third kappa shape index (κ3) is 2.54. The van der Waals surface area contributed by atoms with Crippen molar-refractivity contribution < 1.29 is 9.66 Å². The van der Waals surface area contributed by atoms with Crippen molar-refractivity contribution in [1.29, 1.82) is 0 Å². The van der Waals surface area contributed by atoms with E-state index in [0.29, 0.717) is 17.3 Å². The van der Waals surface area contributed by atoms with Crippen molar-refractivity contribution in [3.8, 4) is 5.75 Å². The van der Waals surface area contributed by atoms with Gasteiger partial charge in [-0.3, -0.25) is 10.1 Å². The molecule has 1 heterocycles. The lowest BCUT2D eigenvalue weighted by Crippen LogP contribution is -1.98. The molecular weight excluding hydrogens is 234 g/mol. The molecule has 1 N–H and O–H groups in total. The van der Waals surface area contributed by atoms with Gasteiger partial charge in [0.15, 0.2) is 0 Å². The van der Waals surface area contributed by atoms with Gasteiger partial charge in [0.05, 0.1) is 18.1 Å². The fourth-order valence-electron chi connectivity index (χ4n) is 1.47. The van der Waals surface area contributed by atoms with E-state index in [1.54, 1.807) is 36.5 Å². The molecule has 0 amide bonds. The summed E-state index contributed by atoms with van der Waals surface area (Å²) < 4.78 is 4.96. The summed E-state index contributed by atoms with van der Waals surface area (Å²) >= 11 is 0. The van der Waals surface area contributed by atoms with E-state index in [2.05, 4.69) is 10.3 Å². The van der Waals surface area contributed by atoms with Crippen LogP contribution in [0.3, 0.4) is 0 Å². The van der Waals surface area contributed by atoms with Crippen LogP contribution in [-0.4, -0.2) is 17.0 Å². The van der Waals surface area contributed by atoms with Crippen molar-refractivity contribution in [1.82, 2.24) is 4.98 Å². The van der Waals surface area contributed by atoms with Crippen molar-refractivity contribution >= 4 is 17.2 Å². The standard InChI is InChI=1S/C12H11N3O3/c1-18-9-5-6-10(11(8-9)15(16)17)14-12-4-2-3-7-13-12/h2-8H,1H3,(H,13,14). The molecule has 0 aliphatic rings. The van der Waals surface area contributed by atoms with Crippen LogP contribution in [0.1, 0.15) is 0 Å². The largest absolute Gasteiger partial charge is 0.496 e. The number of benzene rings is 1. The van der Waals surface area contributed by atoms with Gasteiger partial charge in [-0.15, -0.1) is 0 Å². The summed E-state index contributed by atoms with van der Waals surface area (Å²) in [6, 6.07) is 9.90. The first kappa shape index (κ1) is 11.8. The second-order valence-electron chi connectivity index (χ2n) is 3.48. The number of nitro benzene ring substituents is 1. The molecule has 0 atom stereocenters. The molecule has 1 aromatic carbocycles. The summed E-state index contributed by atoms with van der Waals surface area (Å²) in [4.78, 5) is 14.6. The highest BCUT2D eigenvalue weighted by Crippen LogP contribution is 2.30. The van der Waals surface area contributed by atoms with Crippen LogP contribution < -0.4 is 10.1 Å². The van der Waals surface area contributed by atoms with Gasteiger partial charge in [-0.1, -0.05) is 6.07 Å². The summed E-state index contributed by atoms with van der Waals surface area (Å²) in [6.45, 7) is 0. The molecule has 0 saturated carbocycles. The summed E-state index contributed by atoms with van der Waals surface area (Å²) in [7, 11) is 1.46. The van der Waals surface area contributed by atoms with E-state index >= 15 is 0 Å². The van der Waals surface area contributed by atoms with Gasteiger partial charge in [0.2, 0.25) is 0 Å². The molecule has 18 heavy (non-hydrogen) atoms. The van der Waals surface area contributed by atoms with E-state index in [-0.39, 0.29) is 5.69 Å². The number of nitrogens with zero attached hydrogens (tertiary/aromatic N) is 2. The molecule has 6 nitrogen and oxygen atoms in total. The Hall–Kier alpha value is -2.63. The van der Waals surface area contributed by atoms with Gasteiger partial charge in [-0.05, 0) is 24.3 Å². The Morgan fingerprint density at radius 2 is 2.17 bits per heavy atom. The predicted molar refractivity (Wildman–Crippen MR) is 67.2 cm³/mol. The van der Waals surface area contributed by atoms with Crippen molar-refractivity contribution in [2.24, 2.45) is 0 Å². The number of pyridine rings is 1. The van der Waals surface area contributed by atoms with E-state index in [0.717, 1.165) is 0 Å². The van der Waals surface area contributed by atoms with Gasteiger partial charge in [0.25, 0.3) is 5.69 Å². The van der Waals surface area contributed by atoms with Crippen LogP contribution in [-0.2, 0) is 0 Å². The molecule has 2 aromatic rings. The monoisotopic (exact) mass is 245 g/mol. The lowest BCUT2D eigenvalue weighted by molar-refractivity contribution is -0.384. The zero-order chi connectivity index (χ0) is 13.0. The second-order valence-corrected chi connectivity index (χ2v) is 3.48. The minimum absolute atomic E-state index is 0.0556. The molecule has 2 rings (SSSR count). The summed E-state index contributed by atoms with van der Waals surface area (Å²) in [5, 5.41) is 13.9. The highest BCUT2D eigenvalue weighted by atomic mass is 16.6. The lowest BCUT2D eigenvalue weighted by atomic mass is 10.2. The maximum Gasteiger partial charge on any atom is 0.296 e. The second kappa shape index (κ2) is 5.13. The molecule has 1 aromatic heterocycles. The number of hydrogen-bond donors (Lipinski definition) is 1. The number of rotatable bonds is 4. The van der Waals surface area contributed by atoms with Gasteiger partial charge in [0.1, 0.15) is 17.3 Å². The Bertz CT molecular complexity index is 558. The van der Waals surface area contributed by atoms with Gasteiger partial charge < -0.3 is 10.1 Å². The normalized spacial score (nSPS) is 9.83. The third-order valence-electron chi connectivity index (χ3n) is 2.33. The lowest BCUT2D eigenvalue weighted by Gasteiger charge is -2.07. The molecule has 0 radical (unpaired) electrons. The number of nitrogens with one attached hydrogen (secondary N) is 1. The smallest absolute Gasteiger partial charge is 0.296 e. The number of anilines is 2. The first-order valence-electron chi connectivity index (χ1n) is 5.21.